The van der Waals surface area contributed by atoms with Crippen LogP contribution in [0, 0.1) is 11.8 Å². The highest BCUT2D eigenvalue weighted by molar-refractivity contribution is 5.79. The lowest BCUT2D eigenvalue weighted by Crippen LogP contribution is -2.38. The van der Waals surface area contributed by atoms with Gasteiger partial charge in [-0.05, 0) is 32.1 Å². The number of hydrogen-bond donors (Lipinski definition) is 2. The molecule has 1 atom stereocenters. The van der Waals surface area contributed by atoms with Crippen molar-refractivity contribution in [1.29, 1.82) is 0 Å². The van der Waals surface area contributed by atoms with E-state index in [0.29, 0.717) is 5.92 Å². The van der Waals surface area contributed by atoms with Gasteiger partial charge in [-0.25, -0.2) is 0 Å². The molecule has 2 aliphatic rings. The first-order chi connectivity index (χ1) is 10.4. The number of hydrogen-bond acceptors (Lipinski definition) is 3. The summed E-state index contributed by atoms with van der Waals surface area (Å²) < 4.78 is 11.0. The minimum Gasteiger partial charge on any atom is -0.381 e. The van der Waals surface area contributed by atoms with Crippen LogP contribution in [-0.4, -0.2) is 52.0 Å². The first-order valence-corrected chi connectivity index (χ1v) is 8.56. The summed E-state index contributed by atoms with van der Waals surface area (Å²) in [7, 11) is 0. The van der Waals surface area contributed by atoms with E-state index in [9.17, 15) is 0 Å². The largest absolute Gasteiger partial charge is 0.381 e. The van der Waals surface area contributed by atoms with Gasteiger partial charge in [-0.2, -0.15) is 0 Å². The number of rotatable bonds is 10. The summed E-state index contributed by atoms with van der Waals surface area (Å²) in [6.07, 6.45) is 6.23. The minimum absolute atomic E-state index is 0.606. The summed E-state index contributed by atoms with van der Waals surface area (Å²) in [6, 6.07) is 0. The van der Waals surface area contributed by atoms with Gasteiger partial charge in [-0.1, -0.05) is 12.8 Å². The van der Waals surface area contributed by atoms with Crippen LogP contribution in [0.2, 0.25) is 0 Å². The Morgan fingerprint density at radius 1 is 1.24 bits per heavy atom. The Labute approximate surface area is 128 Å². The number of guanidine groups is 1. The quantitative estimate of drug-likeness (QED) is 0.367. The molecular formula is C16H31N3O2. The number of ether oxygens (including phenoxy) is 2. The molecule has 0 aromatic carbocycles. The average Bonchev–Trinajstić information content (AvgIpc) is 3.16. The molecule has 1 aliphatic carbocycles. The normalized spacial score (nSPS) is 22.5. The molecule has 0 aromatic heterocycles. The highest BCUT2D eigenvalue weighted by atomic mass is 16.5. The van der Waals surface area contributed by atoms with Gasteiger partial charge in [-0.15, -0.1) is 0 Å². The molecule has 0 bridgehead atoms. The molecular weight excluding hydrogens is 266 g/mol. The number of nitrogens with zero attached hydrogens (tertiary/aromatic N) is 1. The monoisotopic (exact) mass is 297 g/mol. The molecule has 5 heteroatoms. The molecule has 0 amide bonds. The second kappa shape index (κ2) is 10.0. The molecule has 1 aliphatic heterocycles. The van der Waals surface area contributed by atoms with Crippen molar-refractivity contribution in [2.24, 2.45) is 16.8 Å². The molecule has 2 N–H and O–H groups in total. The van der Waals surface area contributed by atoms with Gasteiger partial charge in [0, 0.05) is 38.8 Å². The van der Waals surface area contributed by atoms with Gasteiger partial charge in [0.1, 0.15) is 0 Å². The van der Waals surface area contributed by atoms with Gasteiger partial charge in [0.15, 0.2) is 5.96 Å². The lowest BCUT2D eigenvalue weighted by atomic mass is 10.1. The van der Waals surface area contributed by atoms with E-state index >= 15 is 0 Å². The van der Waals surface area contributed by atoms with Crippen LogP contribution in [0.1, 0.15) is 39.0 Å². The van der Waals surface area contributed by atoms with Gasteiger partial charge in [0.05, 0.1) is 13.2 Å². The Morgan fingerprint density at radius 3 is 2.86 bits per heavy atom. The van der Waals surface area contributed by atoms with Crippen molar-refractivity contribution in [1.82, 2.24) is 10.6 Å². The number of aliphatic imine (C=N–C) groups is 1. The molecule has 0 spiro atoms. The van der Waals surface area contributed by atoms with E-state index in [4.69, 9.17) is 9.47 Å². The SMILES string of the molecule is CCNC(=NCCCOCC1CCOC1)NCCC1CC1. The molecule has 1 saturated carbocycles. The van der Waals surface area contributed by atoms with Crippen molar-refractivity contribution >= 4 is 5.96 Å². The zero-order chi connectivity index (χ0) is 14.8. The van der Waals surface area contributed by atoms with Gasteiger partial charge >= 0.3 is 0 Å². The maximum atomic E-state index is 5.69. The van der Waals surface area contributed by atoms with Gasteiger partial charge in [0.2, 0.25) is 0 Å². The van der Waals surface area contributed by atoms with Crippen LogP contribution in [-0.2, 0) is 9.47 Å². The van der Waals surface area contributed by atoms with E-state index < -0.39 is 0 Å². The summed E-state index contributed by atoms with van der Waals surface area (Å²) in [5.41, 5.74) is 0. The second-order valence-electron chi connectivity index (χ2n) is 6.08. The standard InChI is InChI=1S/C16H31N3O2/c1-2-17-16(19-9-6-14-4-5-14)18-8-3-10-20-12-15-7-11-21-13-15/h14-15H,2-13H2,1H3,(H2,17,18,19). The second-order valence-corrected chi connectivity index (χ2v) is 6.08. The first kappa shape index (κ1) is 16.6. The van der Waals surface area contributed by atoms with Crippen LogP contribution < -0.4 is 10.6 Å². The lowest BCUT2D eigenvalue weighted by molar-refractivity contribution is 0.0893. The Hall–Kier alpha value is -0.810. The molecule has 1 unspecified atom stereocenters. The highest BCUT2D eigenvalue weighted by Crippen LogP contribution is 2.31. The lowest BCUT2D eigenvalue weighted by Gasteiger charge is -2.11. The van der Waals surface area contributed by atoms with Crippen molar-refractivity contribution in [3.8, 4) is 0 Å². The van der Waals surface area contributed by atoms with Crippen LogP contribution in [0.25, 0.3) is 0 Å². The highest BCUT2D eigenvalue weighted by Gasteiger charge is 2.20. The fourth-order valence-corrected chi connectivity index (χ4v) is 2.47. The summed E-state index contributed by atoms with van der Waals surface area (Å²) in [5.74, 6) is 2.52. The van der Waals surface area contributed by atoms with Crippen LogP contribution in [0.4, 0.5) is 0 Å². The van der Waals surface area contributed by atoms with E-state index in [1.807, 2.05) is 0 Å². The van der Waals surface area contributed by atoms with Crippen molar-refractivity contribution in [2.45, 2.75) is 39.0 Å². The van der Waals surface area contributed by atoms with Crippen LogP contribution in [0.3, 0.4) is 0 Å². The van der Waals surface area contributed by atoms with Crippen molar-refractivity contribution < 1.29 is 9.47 Å². The molecule has 21 heavy (non-hydrogen) atoms. The van der Waals surface area contributed by atoms with Gasteiger partial charge in [0.25, 0.3) is 0 Å². The van der Waals surface area contributed by atoms with Gasteiger partial charge < -0.3 is 20.1 Å². The third kappa shape index (κ3) is 7.67. The predicted molar refractivity (Wildman–Crippen MR) is 85.7 cm³/mol. The fraction of sp³-hybridized carbons (Fsp3) is 0.938. The minimum atomic E-state index is 0.606. The molecule has 1 heterocycles. The van der Waals surface area contributed by atoms with Crippen molar-refractivity contribution in [3.05, 3.63) is 0 Å². The molecule has 2 fully saturated rings. The third-order valence-corrected chi connectivity index (χ3v) is 3.98. The molecule has 2 rings (SSSR count). The van der Waals surface area contributed by atoms with Crippen LogP contribution in [0.5, 0.6) is 0 Å². The molecule has 1 saturated heterocycles. The first-order valence-electron chi connectivity index (χ1n) is 8.56. The Kier molecular flexibility index (Phi) is 7.89. The Balaban J connectivity index is 1.48. The molecule has 5 nitrogen and oxygen atoms in total. The van der Waals surface area contributed by atoms with E-state index in [0.717, 1.165) is 70.8 Å². The summed E-state index contributed by atoms with van der Waals surface area (Å²) in [4.78, 5) is 4.59. The third-order valence-electron chi connectivity index (χ3n) is 3.98. The maximum Gasteiger partial charge on any atom is 0.191 e. The summed E-state index contributed by atoms with van der Waals surface area (Å²) in [6.45, 7) is 8.27. The molecule has 0 radical (unpaired) electrons. The van der Waals surface area contributed by atoms with Crippen molar-refractivity contribution in [3.63, 3.8) is 0 Å². The zero-order valence-corrected chi connectivity index (χ0v) is 13.4. The van der Waals surface area contributed by atoms with Gasteiger partial charge in [-0.3, -0.25) is 4.99 Å². The van der Waals surface area contributed by atoms with E-state index in [-0.39, 0.29) is 0 Å². The fourth-order valence-electron chi connectivity index (χ4n) is 2.47. The van der Waals surface area contributed by atoms with Crippen LogP contribution >= 0.6 is 0 Å². The summed E-state index contributed by atoms with van der Waals surface area (Å²) >= 11 is 0. The Morgan fingerprint density at radius 2 is 2.14 bits per heavy atom. The topological polar surface area (TPSA) is 54.9 Å². The number of nitrogens with one attached hydrogen (secondary N) is 2. The molecule has 122 valence electrons. The van der Waals surface area contributed by atoms with Crippen LogP contribution in [0.15, 0.2) is 4.99 Å². The Bertz CT molecular complexity index is 300. The van der Waals surface area contributed by atoms with E-state index in [2.05, 4.69) is 22.5 Å². The predicted octanol–water partition coefficient (Wildman–Crippen LogP) is 1.78. The van der Waals surface area contributed by atoms with E-state index in [1.54, 1.807) is 0 Å². The van der Waals surface area contributed by atoms with Crippen molar-refractivity contribution in [2.75, 3.05) is 46.1 Å². The average molecular weight is 297 g/mol. The summed E-state index contributed by atoms with van der Waals surface area (Å²) in [5, 5.41) is 6.70. The smallest absolute Gasteiger partial charge is 0.191 e. The van der Waals surface area contributed by atoms with E-state index in [1.165, 1.54) is 19.3 Å². The molecule has 0 aromatic rings. The zero-order valence-electron chi connectivity index (χ0n) is 13.4. The maximum absolute atomic E-state index is 5.69.